The minimum Gasteiger partial charge on any atom is -0.345 e. The Hall–Kier alpha value is -3.82. The molecular formula is C18H19N9O. The molecule has 2 N–H and O–H groups in total. The third kappa shape index (κ3) is 3.04. The molecular weight excluding hydrogens is 358 g/mol. The average molecular weight is 377 g/mol. The Morgan fingerprint density at radius 2 is 2.04 bits per heavy atom. The first-order chi connectivity index (χ1) is 13.6. The molecule has 28 heavy (non-hydrogen) atoms. The molecule has 0 bridgehead atoms. The first-order valence-electron chi connectivity index (χ1n) is 8.74. The maximum absolute atomic E-state index is 12.8. The summed E-state index contributed by atoms with van der Waals surface area (Å²) < 4.78 is 3.24. The first-order valence-corrected chi connectivity index (χ1v) is 8.74. The highest BCUT2D eigenvalue weighted by Crippen LogP contribution is 2.22. The van der Waals surface area contributed by atoms with Gasteiger partial charge in [-0.05, 0) is 42.8 Å². The molecule has 0 fully saturated rings. The van der Waals surface area contributed by atoms with E-state index >= 15 is 0 Å². The van der Waals surface area contributed by atoms with Crippen LogP contribution in [0.1, 0.15) is 40.1 Å². The number of carbonyl (C=O) groups excluding carboxylic acids is 1. The Bertz CT molecular complexity index is 1110. The van der Waals surface area contributed by atoms with Crippen LogP contribution in [0.25, 0.3) is 11.5 Å². The normalized spacial score (nSPS) is 12.1. The molecule has 0 aliphatic heterocycles. The third-order valence-electron chi connectivity index (χ3n) is 4.65. The Morgan fingerprint density at radius 1 is 1.21 bits per heavy atom. The molecule has 0 unspecified atom stereocenters. The number of tetrazole rings is 1. The molecule has 142 valence electrons. The topological polar surface area (TPSA) is 119 Å². The molecule has 10 heteroatoms. The molecule has 3 heterocycles. The van der Waals surface area contributed by atoms with Gasteiger partial charge in [-0.2, -0.15) is 14.9 Å². The number of benzene rings is 1. The van der Waals surface area contributed by atoms with E-state index in [0.717, 1.165) is 22.5 Å². The fourth-order valence-corrected chi connectivity index (χ4v) is 3.13. The molecule has 1 amide bonds. The predicted molar refractivity (Wildman–Crippen MR) is 100 cm³/mol. The van der Waals surface area contributed by atoms with Gasteiger partial charge >= 0.3 is 0 Å². The van der Waals surface area contributed by atoms with Crippen LogP contribution in [0.2, 0.25) is 0 Å². The van der Waals surface area contributed by atoms with E-state index in [0.29, 0.717) is 11.4 Å². The van der Waals surface area contributed by atoms with Gasteiger partial charge in [0.15, 0.2) is 5.82 Å². The van der Waals surface area contributed by atoms with E-state index in [2.05, 4.69) is 36.1 Å². The van der Waals surface area contributed by atoms with Crippen molar-refractivity contribution in [1.29, 1.82) is 0 Å². The van der Waals surface area contributed by atoms with Crippen LogP contribution in [-0.4, -0.2) is 46.1 Å². The predicted octanol–water partition coefficient (Wildman–Crippen LogP) is 1.68. The number of hydrogen-bond donors (Lipinski definition) is 2. The number of nitrogens with zero attached hydrogens (tertiary/aromatic N) is 7. The summed E-state index contributed by atoms with van der Waals surface area (Å²) in [5.74, 6) is 0.122. The van der Waals surface area contributed by atoms with Crippen LogP contribution in [0.4, 0.5) is 0 Å². The van der Waals surface area contributed by atoms with E-state index < -0.39 is 0 Å². The standard InChI is InChI=1S/C18H19N9O/c1-11-6-4-5-7-16(11)27-13(3)14(9-21-27)12(2)22-18(28)15-8-19-23-17(15)26-10-20-24-25-26/h4-10,12H,1-3H3,(H,19,23)(H,22,28)/t12-/m1/s1. The summed E-state index contributed by atoms with van der Waals surface area (Å²) in [7, 11) is 0. The second-order valence-electron chi connectivity index (χ2n) is 6.47. The minimum atomic E-state index is -0.283. The lowest BCUT2D eigenvalue weighted by molar-refractivity contribution is 0.0939. The Morgan fingerprint density at radius 3 is 2.79 bits per heavy atom. The van der Waals surface area contributed by atoms with Gasteiger partial charge < -0.3 is 5.32 Å². The van der Waals surface area contributed by atoms with Gasteiger partial charge in [-0.15, -0.1) is 5.10 Å². The van der Waals surface area contributed by atoms with E-state index in [1.54, 1.807) is 6.20 Å². The number of nitrogens with one attached hydrogen (secondary N) is 2. The van der Waals surface area contributed by atoms with Crippen LogP contribution in [-0.2, 0) is 0 Å². The van der Waals surface area contributed by atoms with Crippen molar-refractivity contribution >= 4 is 5.91 Å². The molecule has 3 aromatic heterocycles. The zero-order valence-electron chi connectivity index (χ0n) is 15.7. The van der Waals surface area contributed by atoms with E-state index in [4.69, 9.17) is 0 Å². The van der Waals surface area contributed by atoms with Crippen LogP contribution in [0.3, 0.4) is 0 Å². The number of aromatic nitrogens is 8. The highest BCUT2D eigenvalue weighted by molar-refractivity contribution is 5.97. The molecule has 10 nitrogen and oxygen atoms in total. The summed E-state index contributed by atoms with van der Waals surface area (Å²) in [6.45, 7) is 5.95. The quantitative estimate of drug-likeness (QED) is 0.546. The second-order valence-corrected chi connectivity index (χ2v) is 6.47. The van der Waals surface area contributed by atoms with Crippen molar-refractivity contribution in [1.82, 2.24) is 45.5 Å². The van der Waals surface area contributed by atoms with Crippen molar-refractivity contribution in [2.75, 3.05) is 0 Å². The molecule has 0 radical (unpaired) electrons. The van der Waals surface area contributed by atoms with Gasteiger partial charge in [-0.25, -0.2) is 4.68 Å². The number of amides is 1. The number of para-hydroxylation sites is 1. The SMILES string of the molecule is Cc1ccccc1-n1ncc([C@@H](C)NC(=O)c2cn[nH]c2-n2cnnn2)c1C. The monoisotopic (exact) mass is 377 g/mol. The summed E-state index contributed by atoms with van der Waals surface area (Å²) in [4.78, 5) is 12.8. The fourth-order valence-electron chi connectivity index (χ4n) is 3.13. The molecule has 0 aliphatic rings. The largest absolute Gasteiger partial charge is 0.345 e. The fraction of sp³-hybridized carbons (Fsp3) is 0.222. The van der Waals surface area contributed by atoms with Gasteiger partial charge in [-0.3, -0.25) is 9.89 Å². The van der Waals surface area contributed by atoms with Crippen molar-refractivity contribution < 1.29 is 4.79 Å². The Balaban J connectivity index is 1.57. The number of hydrogen-bond acceptors (Lipinski definition) is 6. The zero-order valence-corrected chi connectivity index (χ0v) is 15.7. The van der Waals surface area contributed by atoms with E-state index in [9.17, 15) is 4.79 Å². The summed E-state index contributed by atoms with van der Waals surface area (Å²) in [6.07, 6.45) is 4.62. The second kappa shape index (κ2) is 7.06. The highest BCUT2D eigenvalue weighted by atomic mass is 16.1. The molecule has 4 aromatic rings. The molecule has 1 aromatic carbocycles. The van der Waals surface area contributed by atoms with Crippen LogP contribution in [0, 0.1) is 13.8 Å². The smallest absolute Gasteiger partial charge is 0.257 e. The van der Waals surface area contributed by atoms with Gasteiger partial charge in [0, 0.05) is 11.3 Å². The van der Waals surface area contributed by atoms with Gasteiger partial charge in [0.2, 0.25) is 0 Å². The summed E-state index contributed by atoms with van der Waals surface area (Å²) in [5.41, 5.74) is 4.39. The summed E-state index contributed by atoms with van der Waals surface area (Å²) in [5, 5.41) is 25.1. The molecule has 0 saturated heterocycles. The maximum atomic E-state index is 12.8. The highest BCUT2D eigenvalue weighted by Gasteiger charge is 2.21. The maximum Gasteiger partial charge on any atom is 0.257 e. The zero-order chi connectivity index (χ0) is 19.7. The summed E-state index contributed by atoms with van der Waals surface area (Å²) >= 11 is 0. The van der Waals surface area contributed by atoms with E-state index in [1.165, 1.54) is 17.2 Å². The molecule has 0 spiro atoms. The summed E-state index contributed by atoms with van der Waals surface area (Å²) in [6, 6.07) is 7.79. The molecule has 4 rings (SSSR count). The molecule has 0 saturated carbocycles. The first kappa shape index (κ1) is 17.6. The van der Waals surface area contributed by atoms with Crippen molar-refractivity contribution in [3.8, 4) is 11.5 Å². The van der Waals surface area contributed by atoms with Crippen molar-refractivity contribution in [3.05, 3.63) is 65.4 Å². The number of aryl methyl sites for hydroxylation is 1. The number of carbonyl (C=O) groups is 1. The van der Waals surface area contributed by atoms with Gasteiger partial charge in [0.1, 0.15) is 11.9 Å². The van der Waals surface area contributed by atoms with Gasteiger partial charge in [0.05, 0.1) is 24.1 Å². The third-order valence-corrected chi connectivity index (χ3v) is 4.65. The lowest BCUT2D eigenvalue weighted by atomic mass is 10.1. The van der Waals surface area contributed by atoms with Crippen LogP contribution < -0.4 is 5.32 Å². The van der Waals surface area contributed by atoms with Crippen molar-refractivity contribution in [2.45, 2.75) is 26.8 Å². The number of H-pyrrole nitrogens is 1. The van der Waals surface area contributed by atoms with E-state index in [1.807, 2.05) is 49.7 Å². The lowest BCUT2D eigenvalue weighted by Gasteiger charge is -2.14. The van der Waals surface area contributed by atoms with Crippen LogP contribution in [0.15, 0.2) is 43.0 Å². The average Bonchev–Trinajstić information content (AvgIpc) is 3.42. The number of rotatable bonds is 5. The molecule has 0 aliphatic carbocycles. The van der Waals surface area contributed by atoms with E-state index in [-0.39, 0.29) is 11.9 Å². The van der Waals surface area contributed by atoms with Crippen LogP contribution >= 0.6 is 0 Å². The Labute approximate surface area is 160 Å². The van der Waals surface area contributed by atoms with Crippen molar-refractivity contribution in [2.24, 2.45) is 0 Å². The molecule has 1 atom stereocenters. The van der Waals surface area contributed by atoms with Crippen molar-refractivity contribution in [3.63, 3.8) is 0 Å². The van der Waals surface area contributed by atoms with Gasteiger partial charge in [0.25, 0.3) is 5.91 Å². The number of aromatic amines is 1. The minimum absolute atomic E-state index is 0.248. The lowest BCUT2D eigenvalue weighted by Crippen LogP contribution is -2.27. The Kier molecular flexibility index (Phi) is 4.44. The van der Waals surface area contributed by atoms with Crippen LogP contribution in [0.5, 0.6) is 0 Å². The van der Waals surface area contributed by atoms with Gasteiger partial charge in [-0.1, -0.05) is 18.2 Å².